The standard InChI is InChI=1S/C21H22N4O2S/c1-15-6-2-3-7-16(15)20(28)23-22-19-17-8-4-5-9-18(17)25(21(19)26)14-24-10-12-27-13-11-24/h2-9,26H,10-14H2,1H3/p+1. The lowest BCUT2D eigenvalue weighted by atomic mass is 10.1. The lowest BCUT2D eigenvalue weighted by Crippen LogP contribution is -3.13. The van der Waals surface area contributed by atoms with Gasteiger partial charge in [0.1, 0.15) is 13.1 Å². The van der Waals surface area contributed by atoms with Gasteiger partial charge in [-0.25, -0.2) is 0 Å². The van der Waals surface area contributed by atoms with Crippen molar-refractivity contribution in [2.45, 2.75) is 13.6 Å². The Hall–Kier alpha value is -2.61. The number of nitrogens with zero attached hydrogens (tertiary/aromatic N) is 3. The summed E-state index contributed by atoms with van der Waals surface area (Å²) >= 11 is 5.44. The second-order valence-electron chi connectivity index (χ2n) is 6.96. The zero-order valence-corrected chi connectivity index (χ0v) is 16.6. The first-order valence-electron chi connectivity index (χ1n) is 9.38. The van der Waals surface area contributed by atoms with Crippen LogP contribution in [-0.4, -0.2) is 41.0 Å². The number of hydrogen-bond acceptors (Lipinski definition) is 4. The van der Waals surface area contributed by atoms with E-state index in [1.807, 2.05) is 60.0 Å². The number of aryl methyl sites for hydroxylation is 1. The third-order valence-electron chi connectivity index (χ3n) is 5.12. The minimum absolute atomic E-state index is 0.122. The summed E-state index contributed by atoms with van der Waals surface area (Å²) in [7, 11) is 0. The van der Waals surface area contributed by atoms with Gasteiger partial charge in [0.2, 0.25) is 5.88 Å². The monoisotopic (exact) mass is 395 g/mol. The molecule has 28 heavy (non-hydrogen) atoms. The number of fused-ring (bicyclic) bond motifs is 1. The van der Waals surface area contributed by atoms with Crippen molar-refractivity contribution in [2.75, 3.05) is 26.3 Å². The van der Waals surface area contributed by atoms with Crippen molar-refractivity contribution in [2.24, 2.45) is 10.2 Å². The predicted molar refractivity (Wildman–Crippen MR) is 113 cm³/mol. The van der Waals surface area contributed by atoms with Crippen LogP contribution in [0.15, 0.2) is 58.8 Å². The van der Waals surface area contributed by atoms with E-state index in [0.29, 0.717) is 17.3 Å². The summed E-state index contributed by atoms with van der Waals surface area (Å²) in [6.07, 6.45) is 0. The van der Waals surface area contributed by atoms with E-state index in [-0.39, 0.29) is 5.88 Å². The van der Waals surface area contributed by atoms with Crippen molar-refractivity contribution in [3.8, 4) is 5.88 Å². The molecule has 1 aliphatic rings. The summed E-state index contributed by atoms with van der Waals surface area (Å²) < 4.78 is 7.34. The molecule has 1 aliphatic heterocycles. The molecule has 2 N–H and O–H groups in total. The van der Waals surface area contributed by atoms with Crippen LogP contribution in [0.2, 0.25) is 0 Å². The second-order valence-corrected chi connectivity index (χ2v) is 7.34. The van der Waals surface area contributed by atoms with Gasteiger partial charge in [-0.05, 0) is 18.6 Å². The number of para-hydroxylation sites is 1. The molecule has 3 aromatic rings. The molecule has 6 nitrogen and oxygen atoms in total. The zero-order chi connectivity index (χ0) is 19.5. The molecular weight excluding hydrogens is 372 g/mol. The van der Waals surface area contributed by atoms with Crippen molar-refractivity contribution >= 4 is 33.8 Å². The van der Waals surface area contributed by atoms with Crippen LogP contribution >= 0.6 is 12.2 Å². The Morgan fingerprint density at radius 3 is 2.64 bits per heavy atom. The zero-order valence-electron chi connectivity index (χ0n) is 15.8. The Labute approximate surface area is 169 Å². The molecular formula is C21H23N4O2S+. The largest absolute Gasteiger partial charge is 0.493 e. The predicted octanol–water partition coefficient (Wildman–Crippen LogP) is 2.99. The molecule has 0 aliphatic carbocycles. The summed E-state index contributed by atoms with van der Waals surface area (Å²) in [6.45, 7) is 5.97. The lowest BCUT2D eigenvalue weighted by molar-refractivity contribution is -0.930. The SMILES string of the molecule is Cc1ccccc1C(=S)N=Nc1c(O)n(C[NH+]2CCOCC2)c2ccccc12. The molecule has 1 saturated heterocycles. The highest BCUT2D eigenvalue weighted by Crippen LogP contribution is 2.38. The molecule has 1 fully saturated rings. The fourth-order valence-corrected chi connectivity index (χ4v) is 3.80. The number of rotatable bonds is 4. The topological polar surface area (TPSA) is 63.5 Å². The maximum Gasteiger partial charge on any atom is 0.225 e. The van der Waals surface area contributed by atoms with E-state index in [1.165, 1.54) is 4.90 Å². The quantitative estimate of drug-likeness (QED) is 0.527. The van der Waals surface area contributed by atoms with Gasteiger partial charge in [0, 0.05) is 10.9 Å². The molecule has 2 heterocycles. The van der Waals surface area contributed by atoms with E-state index in [4.69, 9.17) is 17.0 Å². The fraction of sp³-hybridized carbons (Fsp3) is 0.286. The van der Waals surface area contributed by atoms with Gasteiger partial charge < -0.3 is 14.7 Å². The van der Waals surface area contributed by atoms with Crippen LogP contribution in [0.5, 0.6) is 5.88 Å². The number of hydrogen-bond donors (Lipinski definition) is 2. The number of azo groups is 1. The first kappa shape index (κ1) is 18.7. The van der Waals surface area contributed by atoms with Crippen molar-refractivity contribution < 1.29 is 14.7 Å². The highest BCUT2D eigenvalue weighted by atomic mass is 32.1. The molecule has 2 aromatic carbocycles. The van der Waals surface area contributed by atoms with Crippen LogP contribution in [0, 0.1) is 6.92 Å². The summed E-state index contributed by atoms with van der Waals surface area (Å²) in [5.74, 6) is 0.122. The average Bonchev–Trinajstić information content (AvgIpc) is 2.99. The van der Waals surface area contributed by atoms with Crippen LogP contribution in [-0.2, 0) is 11.4 Å². The van der Waals surface area contributed by atoms with Crippen molar-refractivity contribution in [1.29, 1.82) is 0 Å². The second kappa shape index (κ2) is 8.18. The highest BCUT2D eigenvalue weighted by Gasteiger charge is 2.21. The molecule has 144 valence electrons. The Bertz CT molecular complexity index is 1040. The number of benzene rings is 2. The van der Waals surface area contributed by atoms with Gasteiger partial charge in [-0.15, -0.1) is 10.2 Å². The van der Waals surface area contributed by atoms with Crippen LogP contribution < -0.4 is 4.90 Å². The van der Waals surface area contributed by atoms with Crippen molar-refractivity contribution in [3.63, 3.8) is 0 Å². The molecule has 0 bridgehead atoms. The van der Waals surface area contributed by atoms with Crippen molar-refractivity contribution in [1.82, 2.24) is 4.57 Å². The Kier molecular flexibility index (Phi) is 5.47. The van der Waals surface area contributed by atoms with Gasteiger partial charge in [-0.1, -0.05) is 54.7 Å². The molecule has 0 amide bonds. The Balaban J connectivity index is 1.68. The summed E-state index contributed by atoms with van der Waals surface area (Å²) in [6, 6.07) is 15.7. The Morgan fingerprint density at radius 1 is 1.14 bits per heavy atom. The Morgan fingerprint density at radius 2 is 1.86 bits per heavy atom. The van der Waals surface area contributed by atoms with Gasteiger partial charge in [0.15, 0.2) is 17.3 Å². The fourth-order valence-electron chi connectivity index (χ4n) is 3.53. The average molecular weight is 396 g/mol. The van der Waals surface area contributed by atoms with Gasteiger partial charge in [0.25, 0.3) is 0 Å². The number of ether oxygens (including phenoxy) is 1. The smallest absolute Gasteiger partial charge is 0.225 e. The third kappa shape index (κ3) is 3.69. The molecule has 0 spiro atoms. The number of morpholine rings is 1. The number of nitrogens with one attached hydrogen (secondary N) is 1. The maximum absolute atomic E-state index is 10.9. The maximum atomic E-state index is 10.9. The van der Waals surface area contributed by atoms with Gasteiger partial charge in [0.05, 0.1) is 18.7 Å². The van der Waals surface area contributed by atoms with E-state index in [9.17, 15) is 5.11 Å². The van der Waals surface area contributed by atoms with Gasteiger partial charge >= 0.3 is 0 Å². The van der Waals surface area contributed by atoms with Crippen LogP contribution in [0.1, 0.15) is 11.1 Å². The number of aromatic nitrogens is 1. The first-order valence-corrected chi connectivity index (χ1v) is 9.79. The molecule has 0 atom stereocenters. The summed E-state index contributed by atoms with van der Waals surface area (Å²) in [5, 5.41) is 20.4. The van der Waals surface area contributed by atoms with E-state index < -0.39 is 0 Å². The normalized spacial score (nSPS) is 15.5. The van der Waals surface area contributed by atoms with Gasteiger partial charge in [-0.3, -0.25) is 4.57 Å². The molecule has 4 rings (SSSR count). The molecule has 0 unspecified atom stereocenters. The first-order chi connectivity index (χ1) is 13.6. The molecule has 0 radical (unpaired) electrons. The number of quaternary nitrogens is 1. The summed E-state index contributed by atoms with van der Waals surface area (Å²) in [5.41, 5.74) is 3.32. The van der Waals surface area contributed by atoms with E-state index in [1.54, 1.807) is 0 Å². The van der Waals surface area contributed by atoms with Crippen LogP contribution in [0.3, 0.4) is 0 Å². The lowest BCUT2D eigenvalue weighted by Gasteiger charge is -2.24. The van der Waals surface area contributed by atoms with E-state index in [2.05, 4.69) is 10.2 Å². The number of aromatic hydroxyl groups is 1. The third-order valence-corrected chi connectivity index (χ3v) is 5.42. The van der Waals surface area contributed by atoms with Crippen molar-refractivity contribution in [3.05, 3.63) is 59.7 Å². The molecule has 1 aromatic heterocycles. The van der Waals surface area contributed by atoms with Crippen LogP contribution in [0.25, 0.3) is 10.9 Å². The minimum atomic E-state index is 0.122. The highest BCUT2D eigenvalue weighted by molar-refractivity contribution is 7.80. The number of thiocarbonyl (C=S) groups is 1. The van der Waals surface area contributed by atoms with Gasteiger partial charge in [-0.2, -0.15) is 0 Å². The minimum Gasteiger partial charge on any atom is -0.493 e. The molecule has 0 saturated carbocycles. The van der Waals surface area contributed by atoms with E-state index in [0.717, 1.165) is 48.3 Å². The van der Waals surface area contributed by atoms with E-state index >= 15 is 0 Å². The van der Waals surface area contributed by atoms with Crippen LogP contribution in [0.4, 0.5) is 5.69 Å². The molecule has 7 heteroatoms. The summed E-state index contributed by atoms with van der Waals surface area (Å²) in [4.78, 5) is 1.77.